The number of nitrogens with one attached hydrogen (secondary N) is 2. The largest absolute Gasteiger partial charge is 0.444 e. The van der Waals surface area contributed by atoms with Gasteiger partial charge in [0.1, 0.15) is 18.6 Å². The number of oxazole rings is 1. The molecule has 3 aromatic rings. The summed E-state index contributed by atoms with van der Waals surface area (Å²) >= 11 is 4.44. The smallest absolute Gasteiger partial charge is 0.405 e. The van der Waals surface area contributed by atoms with Gasteiger partial charge in [-0.3, -0.25) is 9.48 Å². The van der Waals surface area contributed by atoms with E-state index >= 15 is 0 Å². The SMILES string of the molecule is O=C(Nc1cn(C2CCC(S)CC2)nc1C(F)F)c1coc(-c2ccnc(NCC(F)(F)F)c2)n1. The van der Waals surface area contributed by atoms with Crippen LogP contribution in [0.1, 0.15) is 54.3 Å². The summed E-state index contributed by atoms with van der Waals surface area (Å²) in [5.41, 5.74) is -0.621. The van der Waals surface area contributed by atoms with Gasteiger partial charge in [-0.05, 0) is 37.8 Å². The molecule has 0 aliphatic heterocycles. The van der Waals surface area contributed by atoms with Gasteiger partial charge in [-0.15, -0.1) is 0 Å². The van der Waals surface area contributed by atoms with Crippen molar-refractivity contribution in [3.05, 3.63) is 42.2 Å². The number of hydrogen-bond acceptors (Lipinski definition) is 7. The van der Waals surface area contributed by atoms with E-state index in [2.05, 4.69) is 38.3 Å². The summed E-state index contributed by atoms with van der Waals surface area (Å²) < 4.78 is 71.1. The van der Waals surface area contributed by atoms with Gasteiger partial charge in [-0.1, -0.05) is 0 Å². The Hall–Kier alpha value is -3.16. The van der Waals surface area contributed by atoms with Crippen LogP contribution in [0.3, 0.4) is 0 Å². The summed E-state index contributed by atoms with van der Waals surface area (Å²) in [6.07, 6.45) is -0.521. The summed E-state index contributed by atoms with van der Waals surface area (Å²) in [4.78, 5) is 20.5. The average Bonchev–Trinajstić information content (AvgIpc) is 3.46. The molecule has 1 aliphatic carbocycles. The molecule has 0 radical (unpaired) electrons. The van der Waals surface area contributed by atoms with Crippen LogP contribution in [-0.2, 0) is 0 Å². The van der Waals surface area contributed by atoms with Gasteiger partial charge in [0.25, 0.3) is 12.3 Å². The quantitative estimate of drug-likeness (QED) is 0.283. The van der Waals surface area contributed by atoms with Crippen molar-refractivity contribution >= 4 is 30.0 Å². The maximum absolute atomic E-state index is 13.6. The number of halogens is 5. The minimum Gasteiger partial charge on any atom is -0.444 e. The highest BCUT2D eigenvalue weighted by atomic mass is 32.1. The summed E-state index contributed by atoms with van der Waals surface area (Å²) in [5, 5.41) is 8.80. The highest BCUT2D eigenvalue weighted by molar-refractivity contribution is 7.80. The van der Waals surface area contributed by atoms with E-state index in [4.69, 9.17) is 4.42 Å². The van der Waals surface area contributed by atoms with Crippen molar-refractivity contribution < 1.29 is 31.2 Å². The molecule has 8 nitrogen and oxygen atoms in total. The normalized spacial score (nSPS) is 18.6. The van der Waals surface area contributed by atoms with Crippen molar-refractivity contribution in [1.82, 2.24) is 19.7 Å². The van der Waals surface area contributed by atoms with Crippen LogP contribution >= 0.6 is 12.6 Å². The van der Waals surface area contributed by atoms with Crippen molar-refractivity contribution in [3.8, 4) is 11.5 Å². The summed E-state index contributed by atoms with van der Waals surface area (Å²) in [6.45, 7) is -1.28. The number of hydrogen-bond donors (Lipinski definition) is 3. The van der Waals surface area contributed by atoms with Crippen molar-refractivity contribution in [2.24, 2.45) is 0 Å². The summed E-state index contributed by atoms with van der Waals surface area (Å²) in [7, 11) is 0. The third-order valence-corrected chi connectivity index (χ3v) is 5.99. The van der Waals surface area contributed by atoms with Gasteiger partial charge < -0.3 is 15.1 Å². The molecular weight excluding hydrogens is 495 g/mol. The van der Waals surface area contributed by atoms with Crippen molar-refractivity contribution in [2.45, 2.75) is 49.6 Å². The second-order valence-electron chi connectivity index (χ2n) is 8.06. The molecule has 0 spiro atoms. The Morgan fingerprint density at radius 3 is 2.69 bits per heavy atom. The molecule has 2 N–H and O–H groups in total. The zero-order chi connectivity index (χ0) is 25.2. The topological polar surface area (TPSA) is 97.9 Å². The molecule has 0 bridgehead atoms. The van der Waals surface area contributed by atoms with E-state index in [0.29, 0.717) is 0 Å². The average molecular weight is 516 g/mol. The molecule has 3 aromatic heterocycles. The molecule has 0 aromatic carbocycles. The molecule has 0 unspecified atom stereocenters. The van der Waals surface area contributed by atoms with E-state index in [1.807, 2.05) is 0 Å². The van der Waals surface area contributed by atoms with E-state index in [1.54, 1.807) is 0 Å². The molecule has 1 saturated carbocycles. The molecule has 188 valence electrons. The van der Waals surface area contributed by atoms with Crippen molar-refractivity contribution in [2.75, 3.05) is 17.2 Å². The summed E-state index contributed by atoms with van der Waals surface area (Å²) in [6, 6.07) is 2.65. The Balaban J connectivity index is 1.48. The second-order valence-corrected chi connectivity index (χ2v) is 8.79. The van der Waals surface area contributed by atoms with E-state index in [9.17, 15) is 26.7 Å². The highest BCUT2D eigenvalue weighted by Crippen LogP contribution is 2.34. The number of carbonyl (C=O) groups is 1. The van der Waals surface area contributed by atoms with Crippen LogP contribution in [0, 0.1) is 0 Å². The molecule has 35 heavy (non-hydrogen) atoms. The number of alkyl halides is 5. The molecule has 3 heterocycles. The predicted octanol–water partition coefficient (Wildman–Crippen LogP) is 5.51. The number of amides is 1. The van der Waals surface area contributed by atoms with Crippen LogP contribution in [0.15, 0.2) is 35.2 Å². The fraction of sp³-hybridized carbons (Fsp3) is 0.429. The van der Waals surface area contributed by atoms with Crippen LogP contribution in [-0.4, -0.2) is 43.6 Å². The fourth-order valence-electron chi connectivity index (χ4n) is 3.72. The van der Waals surface area contributed by atoms with E-state index in [1.165, 1.54) is 29.2 Å². The van der Waals surface area contributed by atoms with Gasteiger partial charge in [-0.25, -0.2) is 18.7 Å². The molecule has 1 aliphatic rings. The molecular formula is C21H21F5N6O2S. The zero-order valence-electron chi connectivity index (χ0n) is 18.1. The van der Waals surface area contributed by atoms with Gasteiger partial charge in [0, 0.05) is 23.2 Å². The molecule has 14 heteroatoms. The van der Waals surface area contributed by atoms with E-state index in [0.717, 1.165) is 31.9 Å². The first-order valence-electron chi connectivity index (χ1n) is 10.7. The van der Waals surface area contributed by atoms with Crippen molar-refractivity contribution in [1.29, 1.82) is 0 Å². The number of carbonyl (C=O) groups excluding carboxylic acids is 1. The number of pyridine rings is 1. The van der Waals surface area contributed by atoms with Crippen LogP contribution in [0.5, 0.6) is 0 Å². The number of aromatic nitrogens is 4. The third-order valence-electron chi connectivity index (χ3n) is 5.47. The maximum Gasteiger partial charge on any atom is 0.405 e. The first-order valence-corrected chi connectivity index (χ1v) is 11.2. The van der Waals surface area contributed by atoms with Crippen LogP contribution in [0.2, 0.25) is 0 Å². The Morgan fingerprint density at radius 2 is 2.00 bits per heavy atom. The van der Waals surface area contributed by atoms with Crippen LogP contribution < -0.4 is 10.6 Å². The third kappa shape index (κ3) is 6.29. The molecule has 0 saturated heterocycles. The lowest BCUT2D eigenvalue weighted by molar-refractivity contribution is -0.115. The Kier molecular flexibility index (Phi) is 7.28. The van der Waals surface area contributed by atoms with Gasteiger partial charge >= 0.3 is 6.18 Å². The standard InChI is InChI=1S/C21H21F5N6O2S/c22-18(23)17-14(8-32(31-17)12-1-3-13(35)4-2-12)29-19(33)15-9-34-20(30-15)11-5-6-27-16(7-11)28-10-21(24,25)26/h5-9,12-13,18,35H,1-4,10H2,(H,27,28)(H,29,33). The van der Waals surface area contributed by atoms with Crippen LogP contribution in [0.25, 0.3) is 11.5 Å². The zero-order valence-corrected chi connectivity index (χ0v) is 19.0. The summed E-state index contributed by atoms with van der Waals surface area (Å²) in [5.74, 6) is -0.920. The Labute approximate surface area is 201 Å². The van der Waals surface area contributed by atoms with E-state index < -0.39 is 30.7 Å². The lowest BCUT2D eigenvalue weighted by Crippen LogP contribution is -2.21. The van der Waals surface area contributed by atoms with Gasteiger partial charge in [-0.2, -0.15) is 30.9 Å². The van der Waals surface area contributed by atoms with Gasteiger partial charge in [0.05, 0.1) is 11.7 Å². The minimum atomic E-state index is -4.43. The predicted molar refractivity (Wildman–Crippen MR) is 120 cm³/mol. The lowest BCUT2D eigenvalue weighted by atomic mass is 9.95. The monoisotopic (exact) mass is 516 g/mol. The Bertz CT molecular complexity index is 1170. The second kappa shape index (κ2) is 10.2. The fourth-order valence-corrected chi connectivity index (χ4v) is 4.02. The first-order chi connectivity index (χ1) is 16.6. The molecule has 4 rings (SSSR count). The van der Waals surface area contributed by atoms with Gasteiger partial charge in [0.2, 0.25) is 5.89 Å². The number of rotatable bonds is 7. The van der Waals surface area contributed by atoms with Gasteiger partial charge in [0.15, 0.2) is 11.4 Å². The molecule has 1 amide bonds. The highest BCUT2D eigenvalue weighted by Gasteiger charge is 2.28. The maximum atomic E-state index is 13.6. The van der Waals surface area contributed by atoms with E-state index in [-0.39, 0.29) is 39.9 Å². The van der Waals surface area contributed by atoms with Crippen LogP contribution in [0.4, 0.5) is 33.5 Å². The minimum absolute atomic E-state index is 0.0547. The first kappa shape index (κ1) is 24.9. The number of thiol groups is 1. The lowest BCUT2D eigenvalue weighted by Gasteiger charge is -2.25. The van der Waals surface area contributed by atoms with Crippen molar-refractivity contribution in [3.63, 3.8) is 0 Å². The Morgan fingerprint density at radius 1 is 1.26 bits per heavy atom. The number of nitrogens with zero attached hydrogens (tertiary/aromatic N) is 4. The molecule has 0 atom stereocenters. The number of anilines is 2. The molecule has 1 fully saturated rings.